The van der Waals surface area contributed by atoms with Crippen LogP contribution in [0.2, 0.25) is 0 Å². The van der Waals surface area contributed by atoms with Crippen LogP contribution in [0.15, 0.2) is 24.3 Å². The van der Waals surface area contributed by atoms with Crippen molar-refractivity contribution in [3.8, 4) is 5.75 Å². The number of aliphatic hydroxyl groups is 1. The summed E-state index contributed by atoms with van der Waals surface area (Å²) in [6, 6.07) is 7.85. The standard InChI is InChI=1S/C16H23NO3/c1-12-5-3-7-15(9-12)20-11-16(19)17-8-4-6-14(17)10-13(2)18/h3,5,7,9,13-14,18H,4,6,8,10-11H2,1-2H3. The second kappa shape index (κ2) is 6.75. The first kappa shape index (κ1) is 14.9. The zero-order valence-corrected chi connectivity index (χ0v) is 12.2. The molecule has 1 N–H and O–H groups in total. The van der Waals surface area contributed by atoms with Crippen LogP contribution in [0.4, 0.5) is 0 Å². The summed E-state index contributed by atoms with van der Waals surface area (Å²) >= 11 is 0. The largest absolute Gasteiger partial charge is 0.484 e. The van der Waals surface area contributed by atoms with Gasteiger partial charge < -0.3 is 14.7 Å². The molecule has 2 unspecified atom stereocenters. The summed E-state index contributed by atoms with van der Waals surface area (Å²) in [6.45, 7) is 4.60. The molecule has 0 radical (unpaired) electrons. The number of ether oxygens (including phenoxy) is 1. The maximum Gasteiger partial charge on any atom is 0.260 e. The molecule has 1 aliphatic heterocycles. The predicted octanol–water partition coefficient (Wildman–Crippen LogP) is 2.14. The van der Waals surface area contributed by atoms with Crippen LogP contribution < -0.4 is 4.74 Å². The zero-order chi connectivity index (χ0) is 14.5. The predicted molar refractivity (Wildman–Crippen MR) is 77.7 cm³/mol. The van der Waals surface area contributed by atoms with E-state index in [9.17, 15) is 9.90 Å². The van der Waals surface area contributed by atoms with E-state index in [1.54, 1.807) is 6.92 Å². The Balaban J connectivity index is 1.88. The number of nitrogens with zero attached hydrogens (tertiary/aromatic N) is 1. The van der Waals surface area contributed by atoms with Crippen molar-refractivity contribution < 1.29 is 14.6 Å². The maximum atomic E-state index is 12.2. The number of carbonyl (C=O) groups excluding carboxylic acids is 1. The molecule has 0 bridgehead atoms. The Hall–Kier alpha value is -1.55. The number of carbonyl (C=O) groups is 1. The number of hydrogen-bond acceptors (Lipinski definition) is 3. The van der Waals surface area contributed by atoms with Crippen molar-refractivity contribution >= 4 is 5.91 Å². The fourth-order valence-electron chi connectivity index (χ4n) is 2.74. The van der Waals surface area contributed by atoms with Crippen LogP contribution in [-0.2, 0) is 4.79 Å². The van der Waals surface area contributed by atoms with Gasteiger partial charge in [0.2, 0.25) is 0 Å². The van der Waals surface area contributed by atoms with Gasteiger partial charge >= 0.3 is 0 Å². The van der Waals surface area contributed by atoms with Crippen molar-refractivity contribution in [3.05, 3.63) is 29.8 Å². The van der Waals surface area contributed by atoms with Crippen LogP contribution in [0.1, 0.15) is 31.7 Å². The number of aliphatic hydroxyl groups excluding tert-OH is 1. The minimum absolute atomic E-state index is 0.00894. The molecule has 4 heteroatoms. The second-order valence-electron chi connectivity index (χ2n) is 5.57. The van der Waals surface area contributed by atoms with E-state index in [1.807, 2.05) is 36.1 Å². The van der Waals surface area contributed by atoms with Crippen LogP contribution >= 0.6 is 0 Å². The van der Waals surface area contributed by atoms with Crippen molar-refractivity contribution in [2.45, 2.75) is 45.3 Å². The van der Waals surface area contributed by atoms with E-state index in [2.05, 4.69) is 0 Å². The molecule has 1 saturated heterocycles. The average molecular weight is 277 g/mol. The Morgan fingerprint density at radius 2 is 2.35 bits per heavy atom. The number of aryl methyl sites for hydroxylation is 1. The van der Waals surface area contributed by atoms with Gasteiger partial charge in [0.1, 0.15) is 5.75 Å². The molecular weight excluding hydrogens is 254 g/mol. The molecule has 2 rings (SSSR count). The number of benzene rings is 1. The van der Waals surface area contributed by atoms with Crippen molar-refractivity contribution in [1.29, 1.82) is 0 Å². The fraction of sp³-hybridized carbons (Fsp3) is 0.562. The summed E-state index contributed by atoms with van der Waals surface area (Å²) in [5.41, 5.74) is 1.11. The van der Waals surface area contributed by atoms with Crippen LogP contribution in [0.5, 0.6) is 5.75 Å². The van der Waals surface area contributed by atoms with E-state index in [0.717, 1.165) is 30.7 Å². The molecule has 1 aromatic rings. The monoisotopic (exact) mass is 277 g/mol. The van der Waals surface area contributed by atoms with Crippen LogP contribution in [0.3, 0.4) is 0 Å². The third-order valence-corrected chi connectivity index (χ3v) is 3.66. The number of likely N-dealkylation sites (tertiary alicyclic amines) is 1. The second-order valence-corrected chi connectivity index (χ2v) is 5.57. The lowest BCUT2D eigenvalue weighted by atomic mass is 10.1. The first-order valence-electron chi connectivity index (χ1n) is 7.23. The molecule has 0 saturated carbocycles. The van der Waals surface area contributed by atoms with Gasteiger partial charge in [-0.15, -0.1) is 0 Å². The quantitative estimate of drug-likeness (QED) is 0.897. The van der Waals surface area contributed by atoms with Gasteiger partial charge in [-0.2, -0.15) is 0 Å². The normalized spacial score (nSPS) is 19.9. The van der Waals surface area contributed by atoms with E-state index in [-0.39, 0.29) is 24.7 Å². The first-order chi connectivity index (χ1) is 9.56. The van der Waals surface area contributed by atoms with Gasteiger partial charge in [-0.05, 0) is 50.8 Å². The molecule has 0 aromatic heterocycles. The van der Waals surface area contributed by atoms with Crippen molar-refractivity contribution in [3.63, 3.8) is 0 Å². The highest BCUT2D eigenvalue weighted by Crippen LogP contribution is 2.22. The molecule has 1 fully saturated rings. The van der Waals surface area contributed by atoms with Crippen molar-refractivity contribution in [2.75, 3.05) is 13.2 Å². The Morgan fingerprint density at radius 3 is 3.05 bits per heavy atom. The summed E-state index contributed by atoms with van der Waals surface area (Å²) in [7, 11) is 0. The lowest BCUT2D eigenvalue weighted by molar-refractivity contribution is -0.134. The molecule has 1 amide bonds. The summed E-state index contributed by atoms with van der Waals surface area (Å²) in [5.74, 6) is 0.735. The van der Waals surface area contributed by atoms with Gasteiger partial charge in [0, 0.05) is 12.6 Å². The molecule has 2 atom stereocenters. The highest BCUT2D eigenvalue weighted by molar-refractivity contribution is 5.78. The number of hydrogen-bond donors (Lipinski definition) is 1. The number of amides is 1. The summed E-state index contributed by atoms with van der Waals surface area (Å²) in [6.07, 6.45) is 2.26. The van der Waals surface area contributed by atoms with Crippen molar-refractivity contribution in [1.82, 2.24) is 4.90 Å². The molecule has 4 nitrogen and oxygen atoms in total. The van der Waals surface area contributed by atoms with Gasteiger partial charge in [-0.3, -0.25) is 4.79 Å². The smallest absolute Gasteiger partial charge is 0.260 e. The highest BCUT2D eigenvalue weighted by Gasteiger charge is 2.29. The lowest BCUT2D eigenvalue weighted by Crippen LogP contribution is -2.40. The van der Waals surface area contributed by atoms with Gasteiger partial charge in [0.25, 0.3) is 5.91 Å². The molecule has 110 valence electrons. The highest BCUT2D eigenvalue weighted by atomic mass is 16.5. The topological polar surface area (TPSA) is 49.8 Å². The molecular formula is C16H23NO3. The lowest BCUT2D eigenvalue weighted by Gasteiger charge is -2.25. The van der Waals surface area contributed by atoms with Gasteiger partial charge in [0.05, 0.1) is 6.10 Å². The zero-order valence-electron chi connectivity index (χ0n) is 12.2. The van der Waals surface area contributed by atoms with Gasteiger partial charge in [-0.25, -0.2) is 0 Å². The first-order valence-corrected chi connectivity index (χ1v) is 7.23. The third kappa shape index (κ3) is 3.97. The van der Waals surface area contributed by atoms with Crippen LogP contribution in [0.25, 0.3) is 0 Å². The van der Waals surface area contributed by atoms with E-state index in [1.165, 1.54) is 0 Å². The fourth-order valence-corrected chi connectivity index (χ4v) is 2.74. The average Bonchev–Trinajstić information content (AvgIpc) is 2.83. The Kier molecular flexibility index (Phi) is 5.01. The van der Waals surface area contributed by atoms with Crippen molar-refractivity contribution in [2.24, 2.45) is 0 Å². The Morgan fingerprint density at radius 1 is 1.55 bits per heavy atom. The van der Waals surface area contributed by atoms with Crippen LogP contribution in [0, 0.1) is 6.92 Å². The van der Waals surface area contributed by atoms with E-state index >= 15 is 0 Å². The minimum Gasteiger partial charge on any atom is -0.484 e. The van der Waals surface area contributed by atoms with E-state index < -0.39 is 0 Å². The third-order valence-electron chi connectivity index (χ3n) is 3.66. The summed E-state index contributed by atoms with van der Waals surface area (Å²) in [4.78, 5) is 14.1. The van der Waals surface area contributed by atoms with Gasteiger partial charge in [0.15, 0.2) is 6.61 Å². The molecule has 0 spiro atoms. The molecule has 1 aromatic carbocycles. The molecule has 1 heterocycles. The Bertz CT molecular complexity index is 459. The maximum absolute atomic E-state index is 12.2. The van der Waals surface area contributed by atoms with Gasteiger partial charge in [-0.1, -0.05) is 12.1 Å². The SMILES string of the molecule is Cc1cccc(OCC(=O)N2CCCC2CC(C)O)c1. The molecule has 1 aliphatic rings. The number of rotatable bonds is 5. The van der Waals surface area contributed by atoms with Crippen LogP contribution in [-0.4, -0.2) is 41.2 Å². The molecule has 0 aliphatic carbocycles. The Labute approximate surface area is 120 Å². The molecule has 20 heavy (non-hydrogen) atoms. The van der Waals surface area contributed by atoms with E-state index in [4.69, 9.17) is 4.74 Å². The van der Waals surface area contributed by atoms with E-state index in [0.29, 0.717) is 6.42 Å². The summed E-state index contributed by atoms with van der Waals surface area (Å²) < 4.78 is 5.56. The summed E-state index contributed by atoms with van der Waals surface area (Å²) in [5, 5.41) is 9.48. The minimum atomic E-state index is -0.369.